The fourth-order valence-electron chi connectivity index (χ4n) is 3.83. The van der Waals surface area contributed by atoms with E-state index in [1.54, 1.807) is 6.07 Å². The lowest BCUT2D eigenvalue weighted by molar-refractivity contribution is 0.0966. The molecule has 2 heterocycles. The second kappa shape index (κ2) is 7.90. The molecular formula is C22H25N3O5S. The fraction of sp³-hybridized carbons (Fsp3) is 0.318. The van der Waals surface area contributed by atoms with Crippen LogP contribution in [0.5, 0.6) is 11.5 Å². The van der Waals surface area contributed by atoms with E-state index in [9.17, 15) is 13.2 Å². The number of benzene rings is 2. The molecule has 0 aliphatic carbocycles. The number of nitrogens with zero attached hydrogens (tertiary/aromatic N) is 1. The summed E-state index contributed by atoms with van der Waals surface area (Å²) < 4.78 is 34.1. The predicted octanol–water partition coefficient (Wildman–Crippen LogP) is 2.88. The van der Waals surface area contributed by atoms with Crippen LogP contribution in [0, 0.1) is 0 Å². The lowest BCUT2D eigenvalue weighted by Gasteiger charge is -2.15. The van der Waals surface area contributed by atoms with Crippen molar-refractivity contribution in [3.8, 4) is 22.8 Å². The molecule has 2 N–H and O–H groups in total. The van der Waals surface area contributed by atoms with Gasteiger partial charge in [-0.1, -0.05) is 13.0 Å². The molecule has 9 heteroatoms. The van der Waals surface area contributed by atoms with Gasteiger partial charge in [-0.2, -0.15) is 8.42 Å². The summed E-state index contributed by atoms with van der Waals surface area (Å²) in [5.41, 5.74) is 4.37. The van der Waals surface area contributed by atoms with Crippen molar-refractivity contribution in [2.75, 3.05) is 27.0 Å². The molecule has 1 amide bonds. The number of carbonyl (C=O) groups is 1. The number of rotatable bonds is 7. The molecule has 0 bridgehead atoms. The molecule has 2 aromatic carbocycles. The van der Waals surface area contributed by atoms with E-state index in [1.165, 1.54) is 12.7 Å². The second-order valence-corrected chi connectivity index (χ2v) is 9.29. The Kier molecular flexibility index (Phi) is 5.40. The van der Waals surface area contributed by atoms with Crippen LogP contribution in [-0.4, -0.2) is 51.2 Å². The van der Waals surface area contributed by atoms with Gasteiger partial charge in [0, 0.05) is 40.8 Å². The van der Waals surface area contributed by atoms with Gasteiger partial charge in [-0.15, -0.1) is 0 Å². The normalized spacial score (nSPS) is 13.5. The van der Waals surface area contributed by atoms with E-state index in [0.717, 1.165) is 35.9 Å². The van der Waals surface area contributed by atoms with Crippen LogP contribution in [-0.2, 0) is 23.2 Å². The van der Waals surface area contributed by atoms with E-state index in [1.807, 2.05) is 12.1 Å². The third-order valence-corrected chi connectivity index (χ3v) is 5.89. The van der Waals surface area contributed by atoms with Crippen LogP contribution < -0.4 is 14.2 Å². The average Bonchev–Trinajstić information content (AvgIpc) is 3.31. The number of hydrogen-bond acceptors (Lipinski definition) is 6. The standard InChI is InChI=1S/C22H25N3O5S/c1-5-25(2)12-13-6-7-17-14(8-13)9-18(24-17)15-10-19(29-3)21(30-31(4,27)28)16-11-23-22(26)20(15)16/h6-10,24H,5,11-12H2,1-4H3,(H,23,26). The van der Waals surface area contributed by atoms with Crippen molar-refractivity contribution >= 4 is 26.9 Å². The zero-order chi connectivity index (χ0) is 22.3. The van der Waals surface area contributed by atoms with E-state index in [4.69, 9.17) is 8.92 Å². The van der Waals surface area contributed by atoms with Gasteiger partial charge >= 0.3 is 10.1 Å². The summed E-state index contributed by atoms with van der Waals surface area (Å²) in [6, 6.07) is 9.86. The van der Waals surface area contributed by atoms with Crippen LogP contribution >= 0.6 is 0 Å². The highest BCUT2D eigenvalue weighted by Crippen LogP contribution is 2.43. The van der Waals surface area contributed by atoms with Crippen molar-refractivity contribution in [2.45, 2.75) is 20.0 Å². The van der Waals surface area contributed by atoms with E-state index in [0.29, 0.717) is 16.7 Å². The number of aromatic nitrogens is 1. The van der Waals surface area contributed by atoms with Crippen molar-refractivity contribution < 1.29 is 22.1 Å². The molecular weight excluding hydrogens is 418 g/mol. The largest absolute Gasteiger partial charge is 0.493 e. The van der Waals surface area contributed by atoms with Gasteiger partial charge in [0.2, 0.25) is 0 Å². The number of fused-ring (bicyclic) bond motifs is 2. The smallest absolute Gasteiger partial charge is 0.306 e. The molecule has 31 heavy (non-hydrogen) atoms. The summed E-state index contributed by atoms with van der Waals surface area (Å²) in [6.07, 6.45) is 0.961. The zero-order valence-electron chi connectivity index (χ0n) is 17.9. The minimum atomic E-state index is -3.79. The molecule has 0 radical (unpaired) electrons. The molecule has 0 spiro atoms. The van der Waals surface area contributed by atoms with Crippen LogP contribution in [0.3, 0.4) is 0 Å². The molecule has 3 aromatic rings. The van der Waals surface area contributed by atoms with Gasteiger partial charge in [-0.25, -0.2) is 0 Å². The molecule has 1 aliphatic rings. The van der Waals surface area contributed by atoms with Gasteiger partial charge < -0.3 is 24.1 Å². The summed E-state index contributed by atoms with van der Waals surface area (Å²) in [5.74, 6) is 0.0117. The first-order chi connectivity index (χ1) is 14.7. The Labute approximate surface area is 181 Å². The maximum Gasteiger partial charge on any atom is 0.306 e. The molecule has 0 saturated carbocycles. The van der Waals surface area contributed by atoms with Crippen molar-refractivity contribution in [3.05, 3.63) is 47.0 Å². The van der Waals surface area contributed by atoms with Crippen LogP contribution in [0.15, 0.2) is 30.3 Å². The van der Waals surface area contributed by atoms with E-state index >= 15 is 0 Å². The quantitative estimate of drug-likeness (QED) is 0.545. The average molecular weight is 444 g/mol. The van der Waals surface area contributed by atoms with E-state index in [2.05, 4.69) is 41.3 Å². The molecule has 0 saturated heterocycles. The maximum absolute atomic E-state index is 12.6. The molecule has 1 aliphatic heterocycles. The first-order valence-electron chi connectivity index (χ1n) is 9.92. The Morgan fingerprint density at radius 1 is 1.19 bits per heavy atom. The molecule has 1 aromatic heterocycles. The lowest BCUT2D eigenvalue weighted by Crippen LogP contribution is -2.16. The summed E-state index contributed by atoms with van der Waals surface area (Å²) in [7, 11) is -0.287. The summed E-state index contributed by atoms with van der Waals surface area (Å²) in [6.45, 7) is 4.08. The topological polar surface area (TPSA) is 101 Å². The van der Waals surface area contributed by atoms with Gasteiger partial charge in [0.25, 0.3) is 5.91 Å². The maximum atomic E-state index is 12.6. The monoisotopic (exact) mass is 443 g/mol. The van der Waals surface area contributed by atoms with Crippen molar-refractivity contribution in [3.63, 3.8) is 0 Å². The summed E-state index contributed by atoms with van der Waals surface area (Å²) in [4.78, 5) is 18.2. The van der Waals surface area contributed by atoms with Crippen LogP contribution in [0.4, 0.5) is 0 Å². The minimum absolute atomic E-state index is 0.0445. The number of H-pyrrole nitrogens is 1. The van der Waals surface area contributed by atoms with Crippen LogP contribution in [0.25, 0.3) is 22.2 Å². The van der Waals surface area contributed by atoms with Crippen molar-refractivity contribution in [1.29, 1.82) is 0 Å². The molecule has 0 atom stereocenters. The molecule has 164 valence electrons. The number of ether oxygens (including phenoxy) is 1. The number of hydrogen-bond donors (Lipinski definition) is 2. The first kappa shape index (κ1) is 21.2. The molecule has 0 fully saturated rings. The summed E-state index contributed by atoms with van der Waals surface area (Å²) >= 11 is 0. The van der Waals surface area contributed by atoms with Crippen molar-refractivity contribution in [1.82, 2.24) is 15.2 Å². The first-order valence-corrected chi connectivity index (χ1v) is 11.7. The number of aromatic amines is 1. The zero-order valence-corrected chi connectivity index (χ0v) is 18.7. The predicted molar refractivity (Wildman–Crippen MR) is 119 cm³/mol. The molecule has 4 rings (SSSR count). The van der Waals surface area contributed by atoms with Crippen molar-refractivity contribution in [2.24, 2.45) is 0 Å². The Morgan fingerprint density at radius 3 is 2.65 bits per heavy atom. The van der Waals surface area contributed by atoms with E-state index < -0.39 is 10.1 Å². The fourth-order valence-corrected chi connectivity index (χ4v) is 4.32. The summed E-state index contributed by atoms with van der Waals surface area (Å²) in [5, 5.41) is 3.78. The number of methoxy groups -OCH3 is 1. The third-order valence-electron chi connectivity index (χ3n) is 5.42. The number of amides is 1. The molecule has 8 nitrogen and oxygen atoms in total. The number of nitrogens with one attached hydrogen (secondary N) is 2. The van der Waals surface area contributed by atoms with Gasteiger partial charge in [0.1, 0.15) is 0 Å². The van der Waals surface area contributed by atoms with Crippen LogP contribution in [0.2, 0.25) is 0 Å². The van der Waals surface area contributed by atoms with Crippen LogP contribution in [0.1, 0.15) is 28.4 Å². The highest BCUT2D eigenvalue weighted by atomic mass is 32.2. The second-order valence-electron chi connectivity index (χ2n) is 7.71. The highest BCUT2D eigenvalue weighted by Gasteiger charge is 2.31. The van der Waals surface area contributed by atoms with E-state index in [-0.39, 0.29) is 24.0 Å². The Hall–Kier alpha value is -3.04. The molecule has 0 unspecified atom stereocenters. The van der Waals surface area contributed by atoms with Gasteiger partial charge in [0.15, 0.2) is 11.5 Å². The lowest BCUT2D eigenvalue weighted by atomic mass is 9.98. The highest BCUT2D eigenvalue weighted by molar-refractivity contribution is 7.86. The number of carbonyl (C=O) groups excluding carboxylic acids is 1. The van der Waals surface area contributed by atoms with Gasteiger partial charge in [-0.05, 0) is 43.4 Å². The Morgan fingerprint density at radius 2 is 1.97 bits per heavy atom. The van der Waals surface area contributed by atoms with Gasteiger partial charge in [0.05, 0.1) is 18.9 Å². The Bertz CT molecular complexity index is 1280. The third kappa shape index (κ3) is 4.11. The van der Waals surface area contributed by atoms with Gasteiger partial charge in [-0.3, -0.25) is 4.79 Å². The Balaban J connectivity index is 1.85. The minimum Gasteiger partial charge on any atom is -0.493 e. The SMILES string of the molecule is CCN(C)Cc1ccc2[nH]c(-c3cc(OC)c(OS(C)(=O)=O)c4c3C(=O)NC4)cc2c1.